The molecule has 0 radical (unpaired) electrons. The second-order valence-electron chi connectivity index (χ2n) is 4.60. The highest BCUT2D eigenvalue weighted by molar-refractivity contribution is 5.89. The summed E-state index contributed by atoms with van der Waals surface area (Å²) in [5.74, 6) is -0.216. The smallest absolute Gasteiger partial charge is 0.123 e. The predicted octanol–water partition coefficient (Wildman–Crippen LogP) is 4.05. The molecular weight excluding hydrogens is 239 g/mol. The first-order chi connectivity index (χ1) is 9.19. The molecule has 0 saturated carbocycles. The fourth-order valence-corrected chi connectivity index (χ4v) is 2.49. The van der Waals surface area contributed by atoms with E-state index in [1.807, 2.05) is 18.2 Å². The van der Waals surface area contributed by atoms with E-state index in [0.29, 0.717) is 0 Å². The van der Waals surface area contributed by atoms with Gasteiger partial charge in [-0.1, -0.05) is 0 Å². The minimum absolute atomic E-state index is 0.216. The van der Waals surface area contributed by atoms with Crippen LogP contribution >= 0.6 is 0 Å². The minimum atomic E-state index is -0.216. The first kappa shape index (κ1) is 11.8. The van der Waals surface area contributed by atoms with E-state index < -0.39 is 0 Å². The molecular formula is C16H15FN2. The number of halogens is 1. The molecule has 19 heavy (non-hydrogen) atoms. The summed E-state index contributed by atoms with van der Waals surface area (Å²) < 4.78 is 15.2. The van der Waals surface area contributed by atoms with E-state index in [1.54, 1.807) is 12.1 Å². The number of nitrogen functional groups attached to an aromatic ring is 1. The van der Waals surface area contributed by atoms with Crippen molar-refractivity contribution >= 4 is 16.6 Å². The molecule has 3 aromatic rings. The van der Waals surface area contributed by atoms with Gasteiger partial charge in [0.05, 0.1) is 0 Å². The van der Waals surface area contributed by atoms with Gasteiger partial charge in [-0.3, -0.25) is 0 Å². The second-order valence-corrected chi connectivity index (χ2v) is 4.60. The number of aromatic nitrogens is 1. The Kier molecular flexibility index (Phi) is 2.75. The molecule has 0 aliphatic rings. The number of anilines is 1. The number of hydrogen-bond donors (Lipinski definition) is 1. The standard InChI is InChI=1S/C16H15FN2/c1-2-19-15-8-7-14(18)9-12(15)10-16(19)11-3-5-13(17)6-4-11/h3-10H,2,18H2,1H3. The maximum atomic E-state index is 13.0. The average molecular weight is 254 g/mol. The second kappa shape index (κ2) is 4.43. The largest absolute Gasteiger partial charge is 0.399 e. The van der Waals surface area contributed by atoms with Crippen molar-refractivity contribution in [1.29, 1.82) is 0 Å². The Labute approximate surface area is 111 Å². The topological polar surface area (TPSA) is 30.9 Å². The fraction of sp³-hybridized carbons (Fsp3) is 0.125. The zero-order chi connectivity index (χ0) is 13.4. The van der Waals surface area contributed by atoms with Crippen molar-refractivity contribution < 1.29 is 4.39 Å². The summed E-state index contributed by atoms with van der Waals surface area (Å²) in [6, 6.07) is 14.6. The van der Waals surface area contributed by atoms with Crippen LogP contribution < -0.4 is 5.73 Å². The van der Waals surface area contributed by atoms with Crippen molar-refractivity contribution in [1.82, 2.24) is 4.57 Å². The van der Waals surface area contributed by atoms with Gasteiger partial charge >= 0.3 is 0 Å². The molecule has 1 heterocycles. The average Bonchev–Trinajstić information content (AvgIpc) is 2.77. The molecule has 0 aliphatic heterocycles. The summed E-state index contributed by atoms with van der Waals surface area (Å²) in [4.78, 5) is 0. The first-order valence-corrected chi connectivity index (χ1v) is 6.33. The molecule has 0 amide bonds. The molecule has 0 bridgehead atoms. The number of benzene rings is 2. The summed E-state index contributed by atoms with van der Waals surface area (Å²) in [6.45, 7) is 2.96. The Hall–Kier alpha value is -2.29. The van der Waals surface area contributed by atoms with Crippen molar-refractivity contribution in [3.63, 3.8) is 0 Å². The molecule has 96 valence electrons. The number of hydrogen-bond acceptors (Lipinski definition) is 1. The number of rotatable bonds is 2. The third-order valence-corrected chi connectivity index (χ3v) is 3.38. The fourth-order valence-electron chi connectivity index (χ4n) is 2.49. The lowest BCUT2D eigenvalue weighted by Crippen LogP contribution is -1.96. The molecule has 3 heteroatoms. The Morgan fingerprint density at radius 3 is 2.47 bits per heavy atom. The van der Waals surface area contributed by atoms with Gasteiger partial charge in [0.15, 0.2) is 0 Å². The molecule has 0 spiro atoms. The summed E-state index contributed by atoms with van der Waals surface area (Å²) in [7, 11) is 0. The lowest BCUT2D eigenvalue weighted by atomic mass is 10.1. The Morgan fingerprint density at radius 1 is 1.05 bits per heavy atom. The van der Waals surface area contributed by atoms with Crippen LogP contribution in [-0.2, 0) is 6.54 Å². The van der Waals surface area contributed by atoms with Crippen LogP contribution in [0.5, 0.6) is 0 Å². The molecule has 0 unspecified atom stereocenters. The molecule has 1 aromatic heterocycles. The number of nitrogens with two attached hydrogens (primary N) is 1. The first-order valence-electron chi connectivity index (χ1n) is 6.33. The van der Waals surface area contributed by atoms with Gasteiger partial charge in [-0.15, -0.1) is 0 Å². The van der Waals surface area contributed by atoms with Crippen LogP contribution in [0.2, 0.25) is 0 Å². The summed E-state index contributed by atoms with van der Waals surface area (Å²) in [6.07, 6.45) is 0. The van der Waals surface area contributed by atoms with Crippen LogP contribution in [0.3, 0.4) is 0 Å². The Morgan fingerprint density at radius 2 is 1.79 bits per heavy atom. The Balaban J connectivity index is 2.25. The van der Waals surface area contributed by atoms with E-state index in [9.17, 15) is 4.39 Å². The quantitative estimate of drug-likeness (QED) is 0.687. The van der Waals surface area contributed by atoms with Crippen LogP contribution in [-0.4, -0.2) is 4.57 Å². The third-order valence-electron chi connectivity index (χ3n) is 3.38. The van der Waals surface area contributed by atoms with E-state index in [0.717, 1.165) is 34.4 Å². The zero-order valence-corrected chi connectivity index (χ0v) is 10.7. The molecule has 2 aromatic carbocycles. The lowest BCUT2D eigenvalue weighted by Gasteiger charge is -2.08. The van der Waals surface area contributed by atoms with Crippen LogP contribution in [0.25, 0.3) is 22.2 Å². The van der Waals surface area contributed by atoms with Gasteiger partial charge in [-0.05, 0) is 61.0 Å². The SMILES string of the molecule is CCn1c(-c2ccc(F)cc2)cc2cc(N)ccc21. The van der Waals surface area contributed by atoms with Gasteiger partial charge in [0.1, 0.15) is 5.82 Å². The zero-order valence-electron chi connectivity index (χ0n) is 10.7. The van der Waals surface area contributed by atoms with Crippen molar-refractivity contribution in [2.45, 2.75) is 13.5 Å². The van der Waals surface area contributed by atoms with Gasteiger partial charge in [0.2, 0.25) is 0 Å². The summed E-state index contributed by atoms with van der Waals surface area (Å²) >= 11 is 0. The normalized spacial score (nSPS) is 11.1. The highest BCUT2D eigenvalue weighted by atomic mass is 19.1. The predicted molar refractivity (Wildman–Crippen MR) is 77.4 cm³/mol. The van der Waals surface area contributed by atoms with E-state index in [1.165, 1.54) is 12.1 Å². The van der Waals surface area contributed by atoms with Gasteiger partial charge in [-0.25, -0.2) is 4.39 Å². The van der Waals surface area contributed by atoms with Crippen molar-refractivity contribution in [3.05, 3.63) is 54.3 Å². The molecule has 0 fully saturated rings. The molecule has 2 nitrogen and oxygen atoms in total. The van der Waals surface area contributed by atoms with Gasteiger partial charge < -0.3 is 10.3 Å². The number of aryl methyl sites for hydroxylation is 1. The van der Waals surface area contributed by atoms with Crippen molar-refractivity contribution in [3.8, 4) is 11.3 Å². The maximum absolute atomic E-state index is 13.0. The molecule has 0 aliphatic carbocycles. The molecule has 0 saturated heterocycles. The highest BCUT2D eigenvalue weighted by Gasteiger charge is 2.09. The van der Waals surface area contributed by atoms with Crippen LogP contribution in [0, 0.1) is 5.82 Å². The number of nitrogens with zero attached hydrogens (tertiary/aromatic N) is 1. The van der Waals surface area contributed by atoms with Gasteiger partial charge in [-0.2, -0.15) is 0 Å². The van der Waals surface area contributed by atoms with Crippen LogP contribution in [0.4, 0.5) is 10.1 Å². The van der Waals surface area contributed by atoms with E-state index >= 15 is 0 Å². The summed E-state index contributed by atoms with van der Waals surface area (Å²) in [5, 5.41) is 1.11. The molecule has 0 atom stereocenters. The number of fused-ring (bicyclic) bond motifs is 1. The maximum Gasteiger partial charge on any atom is 0.123 e. The highest BCUT2D eigenvalue weighted by Crippen LogP contribution is 2.29. The third kappa shape index (κ3) is 1.97. The van der Waals surface area contributed by atoms with Gasteiger partial charge in [0, 0.05) is 28.8 Å². The van der Waals surface area contributed by atoms with E-state index in [2.05, 4.69) is 17.6 Å². The van der Waals surface area contributed by atoms with E-state index in [-0.39, 0.29) is 5.82 Å². The minimum Gasteiger partial charge on any atom is -0.399 e. The van der Waals surface area contributed by atoms with Crippen LogP contribution in [0.15, 0.2) is 48.5 Å². The van der Waals surface area contributed by atoms with Crippen molar-refractivity contribution in [2.24, 2.45) is 0 Å². The van der Waals surface area contributed by atoms with Gasteiger partial charge in [0.25, 0.3) is 0 Å². The summed E-state index contributed by atoms with van der Waals surface area (Å²) in [5.41, 5.74) is 9.83. The van der Waals surface area contributed by atoms with Crippen molar-refractivity contribution in [2.75, 3.05) is 5.73 Å². The van der Waals surface area contributed by atoms with E-state index in [4.69, 9.17) is 5.73 Å². The van der Waals surface area contributed by atoms with Crippen LogP contribution in [0.1, 0.15) is 6.92 Å². The monoisotopic (exact) mass is 254 g/mol. The molecule has 3 rings (SSSR count). The lowest BCUT2D eigenvalue weighted by molar-refractivity contribution is 0.628. The Bertz CT molecular complexity index is 726. The molecule has 2 N–H and O–H groups in total.